The summed E-state index contributed by atoms with van der Waals surface area (Å²) in [6.45, 7) is 1.90. The van der Waals surface area contributed by atoms with Crippen LogP contribution < -0.4 is 0 Å². The molecule has 0 bridgehead atoms. The van der Waals surface area contributed by atoms with E-state index in [1.165, 1.54) is 7.05 Å². The Balaban J connectivity index is 2.19. The van der Waals surface area contributed by atoms with Crippen LogP contribution in [-0.2, 0) is 0 Å². The number of amides is 2. The van der Waals surface area contributed by atoms with Gasteiger partial charge >= 0.3 is 0 Å². The van der Waals surface area contributed by atoms with Crippen molar-refractivity contribution in [2.24, 2.45) is 0 Å². The second-order valence-electron chi connectivity index (χ2n) is 4.51. The van der Waals surface area contributed by atoms with Crippen LogP contribution in [0.5, 0.6) is 0 Å². The molecule has 1 N–H and O–H groups in total. The van der Waals surface area contributed by atoms with E-state index in [0.717, 1.165) is 16.3 Å². The van der Waals surface area contributed by atoms with E-state index in [1.807, 2.05) is 13.1 Å². The fourth-order valence-electron chi connectivity index (χ4n) is 2.20. The molecule has 0 fully saturated rings. The number of imidazole rings is 1. The van der Waals surface area contributed by atoms with Gasteiger partial charge in [0.2, 0.25) is 0 Å². The molecule has 1 aliphatic rings. The molecule has 2 aromatic rings. The number of rotatable bonds is 1. The summed E-state index contributed by atoms with van der Waals surface area (Å²) in [5, 5.41) is 0. The molecule has 0 saturated heterocycles. The summed E-state index contributed by atoms with van der Waals surface area (Å²) >= 11 is 5.20. The van der Waals surface area contributed by atoms with Gasteiger partial charge in [0.15, 0.2) is 4.77 Å². The first-order valence-corrected chi connectivity index (χ1v) is 6.15. The van der Waals surface area contributed by atoms with Crippen molar-refractivity contribution in [2.75, 3.05) is 7.05 Å². The Kier molecular flexibility index (Phi) is 2.43. The monoisotopic (exact) mass is 273 g/mol. The van der Waals surface area contributed by atoms with Gasteiger partial charge in [0.25, 0.3) is 11.8 Å². The largest absolute Gasteiger partial charge is 0.335 e. The summed E-state index contributed by atoms with van der Waals surface area (Å²) in [5.41, 5.74) is 2.57. The number of aromatic amines is 1. The number of carbonyl (C=O) groups excluding carboxylic acids is 2. The number of benzene rings is 1. The number of nitrogens with zero attached hydrogens (tertiary/aromatic N) is 2. The molecule has 1 aromatic heterocycles. The van der Waals surface area contributed by atoms with Gasteiger partial charge in [0.1, 0.15) is 0 Å². The fraction of sp³-hybridized carbons (Fsp3) is 0.154. The highest BCUT2D eigenvalue weighted by molar-refractivity contribution is 7.71. The van der Waals surface area contributed by atoms with E-state index in [-0.39, 0.29) is 11.8 Å². The predicted octanol–water partition coefficient (Wildman–Crippen LogP) is 2.07. The third-order valence-corrected chi connectivity index (χ3v) is 3.50. The highest BCUT2D eigenvalue weighted by atomic mass is 32.1. The molecule has 5 nitrogen and oxygen atoms in total. The zero-order valence-corrected chi connectivity index (χ0v) is 11.2. The number of nitrogens with one attached hydrogen (secondary N) is 1. The van der Waals surface area contributed by atoms with Crippen molar-refractivity contribution in [2.45, 2.75) is 6.92 Å². The van der Waals surface area contributed by atoms with E-state index in [1.54, 1.807) is 22.8 Å². The van der Waals surface area contributed by atoms with E-state index in [4.69, 9.17) is 12.2 Å². The Labute approximate surface area is 114 Å². The number of aryl methyl sites for hydroxylation is 1. The smallest absolute Gasteiger partial charge is 0.261 e. The number of fused-ring (bicyclic) bond motifs is 1. The van der Waals surface area contributed by atoms with Crippen LogP contribution in [0.1, 0.15) is 26.4 Å². The first-order valence-electron chi connectivity index (χ1n) is 5.74. The van der Waals surface area contributed by atoms with Gasteiger partial charge < -0.3 is 4.98 Å². The summed E-state index contributed by atoms with van der Waals surface area (Å²) in [4.78, 5) is 27.9. The molecule has 0 aliphatic carbocycles. The molecule has 96 valence electrons. The van der Waals surface area contributed by atoms with Crippen LogP contribution in [0.2, 0.25) is 0 Å². The molecule has 3 rings (SSSR count). The highest BCUT2D eigenvalue weighted by Crippen LogP contribution is 2.24. The topological polar surface area (TPSA) is 58.1 Å². The van der Waals surface area contributed by atoms with Gasteiger partial charge in [-0.2, -0.15) is 0 Å². The van der Waals surface area contributed by atoms with E-state index >= 15 is 0 Å². The van der Waals surface area contributed by atoms with Gasteiger partial charge in [-0.1, -0.05) is 0 Å². The minimum Gasteiger partial charge on any atom is -0.335 e. The van der Waals surface area contributed by atoms with Gasteiger partial charge in [0.05, 0.1) is 11.1 Å². The molecule has 2 heterocycles. The van der Waals surface area contributed by atoms with Crippen LogP contribution in [0, 0.1) is 11.7 Å². The minimum atomic E-state index is -0.277. The number of carbonyl (C=O) groups is 2. The molecular formula is C13H11N3O2S. The third-order valence-electron chi connectivity index (χ3n) is 3.20. The number of imide groups is 1. The molecule has 19 heavy (non-hydrogen) atoms. The maximum Gasteiger partial charge on any atom is 0.261 e. The summed E-state index contributed by atoms with van der Waals surface area (Å²) in [7, 11) is 1.48. The molecule has 2 amide bonds. The fourth-order valence-corrected chi connectivity index (χ4v) is 2.52. The van der Waals surface area contributed by atoms with E-state index in [9.17, 15) is 9.59 Å². The van der Waals surface area contributed by atoms with Crippen LogP contribution in [0.3, 0.4) is 0 Å². The molecular weight excluding hydrogens is 262 g/mol. The quantitative estimate of drug-likeness (QED) is 0.639. The van der Waals surface area contributed by atoms with Crippen LogP contribution >= 0.6 is 12.2 Å². The average Bonchev–Trinajstić information content (AvgIpc) is 2.83. The van der Waals surface area contributed by atoms with Gasteiger partial charge in [-0.25, -0.2) is 0 Å². The number of hydrogen-bond donors (Lipinski definition) is 1. The summed E-state index contributed by atoms with van der Waals surface area (Å²) in [6.07, 6.45) is 1.86. The van der Waals surface area contributed by atoms with Crippen LogP contribution in [0.25, 0.3) is 5.69 Å². The standard InChI is InChI=1S/C13H11N3O2S/c1-7-6-16(13(19)14-7)8-3-4-9-10(5-8)12(18)15(2)11(9)17/h3-6H,1-2H3,(H,14,19). The Bertz CT molecular complexity index is 772. The Hall–Kier alpha value is -2.21. The molecule has 0 spiro atoms. The van der Waals surface area contributed by atoms with Crippen molar-refractivity contribution >= 4 is 24.0 Å². The van der Waals surface area contributed by atoms with Gasteiger partial charge in [0, 0.05) is 24.6 Å². The highest BCUT2D eigenvalue weighted by Gasteiger charge is 2.32. The lowest BCUT2D eigenvalue weighted by Gasteiger charge is -2.03. The lowest BCUT2D eigenvalue weighted by molar-refractivity contribution is 0.0693. The second kappa shape index (κ2) is 3.89. The van der Waals surface area contributed by atoms with E-state index < -0.39 is 0 Å². The van der Waals surface area contributed by atoms with E-state index in [2.05, 4.69) is 4.98 Å². The van der Waals surface area contributed by atoms with Crippen molar-refractivity contribution in [1.82, 2.24) is 14.5 Å². The first kappa shape index (κ1) is 11.9. The Morgan fingerprint density at radius 2 is 1.84 bits per heavy atom. The van der Waals surface area contributed by atoms with Crippen LogP contribution in [0.15, 0.2) is 24.4 Å². The van der Waals surface area contributed by atoms with Crippen molar-refractivity contribution in [3.8, 4) is 5.69 Å². The molecule has 6 heteroatoms. The lowest BCUT2D eigenvalue weighted by atomic mass is 10.1. The van der Waals surface area contributed by atoms with Crippen LogP contribution in [-0.4, -0.2) is 33.3 Å². The number of hydrogen-bond acceptors (Lipinski definition) is 3. The molecule has 0 unspecified atom stereocenters. The summed E-state index contributed by atoms with van der Waals surface area (Å²) in [5.74, 6) is -0.541. The normalized spacial score (nSPS) is 14.1. The maximum absolute atomic E-state index is 11.9. The number of H-pyrrole nitrogens is 1. The van der Waals surface area contributed by atoms with Crippen LogP contribution in [0.4, 0.5) is 0 Å². The molecule has 1 aliphatic heterocycles. The van der Waals surface area contributed by atoms with Gasteiger partial charge in [-0.15, -0.1) is 0 Å². The van der Waals surface area contributed by atoms with Crippen molar-refractivity contribution in [1.29, 1.82) is 0 Å². The maximum atomic E-state index is 11.9. The Morgan fingerprint density at radius 3 is 2.47 bits per heavy atom. The third kappa shape index (κ3) is 1.64. The lowest BCUT2D eigenvalue weighted by Crippen LogP contribution is -2.24. The summed E-state index contributed by atoms with van der Waals surface area (Å²) < 4.78 is 2.34. The number of aromatic nitrogens is 2. The van der Waals surface area contributed by atoms with E-state index in [0.29, 0.717) is 15.9 Å². The second-order valence-corrected chi connectivity index (χ2v) is 4.90. The van der Waals surface area contributed by atoms with Crippen molar-refractivity contribution in [3.05, 3.63) is 46.0 Å². The van der Waals surface area contributed by atoms with Crippen molar-refractivity contribution in [3.63, 3.8) is 0 Å². The molecule has 0 atom stereocenters. The first-order chi connectivity index (χ1) is 8.99. The summed E-state index contributed by atoms with van der Waals surface area (Å²) in [6, 6.07) is 5.15. The molecule has 1 aromatic carbocycles. The minimum absolute atomic E-state index is 0.264. The zero-order chi connectivity index (χ0) is 13.7. The molecule has 0 saturated carbocycles. The predicted molar refractivity (Wildman–Crippen MR) is 72.1 cm³/mol. The Morgan fingerprint density at radius 1 is 1.16 bits per heavy atom. The SMILES string of the molecule is Cc1cn(-c2ccc3c(c2)C(=O)N(C)C3=O)c(=S)[nH]1. The average molecular weight is 273 g/mol. The molecule has 0 radical (unpaired) electrons. The van der Waals surface area contributed by atoms with Crippen molar-refractivity contribution < 1.29 is 9.59 Å². The zero-order valence-electron chi connectivity index (χ0n) is 10.4. The van der Waals surface area contributed by atoms with Gasteiger partial charge in [-0.3, -0.25) is 19.1 Å². The van der Waals surface area contributed by atoms with Gasteiger partial charge in [-0.05, 0) is 37.3 Å².